The molecule has 24 heavy (non-hydrogen) atoms. The Hall–Kier alpha value is -3.09. The summed E-state index contributed by atoms with van der Waals surface area (Å²) >= 11 is 0. The molecule has 7 nitrogen and oxygen atoms in total. The zero-order valence-electron chi connectivity index (χ0n) is 13.4. The molecule has 0 saturated carbocycles. The smallest absolute Gasteiger partial charge is 0.355 e. The molecule has 2 rings (SSSR count). The lowest BCUT2D eigenvalue weighted by molar-refractivity contribution is -0.119. The number of carbonyl (C=O) groups is 3. The topological polar surface area (TPSA) is 97.5 Å². The Kier molecular flexibility index (Phi) is 5.73. The van der Waals surface area contributed by atoms with E-state index in [1.165, 1.54) is 0 Å². The quantitative estimate of drug-likeness (QED) is 0.793. The van der Waals surface area contributed by atoms with E-state index in [0.29, 0.717) is 11.3 Å². The number of esters is 2. The van der Waals surface area contributed by atoms with Gasteiger partial charge in [-0.05, 0) is 50.2 Å². The molecule has 1 heterocycles. The lowest BCUT2D eigenvalue weighted by Crippen LogP contribution is -2.21. The summed E-state index contributed by atoms with van der Waals surface area (Å²) in [4.78, 5) is 37.7. The zero-order valence-corrected chi connectivity index (χ0v) is 13.4. The molecule has 126 valence electrons. The molecular formula is C17H18N2O5. The molecule has 0 bridgehead atoms. The molecule has 0 unspecified atom stereocenters. The van der Waals surface area contributed by atoms with Crippen molar-refractivity contribution in [3.63, 3.8) is 0 Å². The summed E-state index contributed by atoms with van der Waals surface area (Å²) in [5, 5.41) is 2.57. The minimum atomic E-state index is -0.609. The molecule has 0 fully saturated rings. The average Bonchev–Trinajstić information content (AvgIpc) is 3.07. The van der Waals surface area contributed by atoms with Gasteiger partial charge in [0, 0.05) is 11.9 Å². The first-order chi connectivity index (χ1) is 11.5. The highest BCUT2D eigenvalue weighted by atomic mass is 16.5. The molecule has 0 spiro atoms. The van der Waals surface area contributed by atoms with Crippen LogP contribution in [-0.4, -0.2) is 35.5 Å². The van der Waals surface area contributed by atoms with E-state index >= 15 is 0 Å². The Morgan fingerprint density at radius 3 is 2.38 bits per heavy atom. The van der Waals surface area contributed by atoms with E-state index in [9.17, 15) is 14.4 Å². The summed E-state index contributed by atoms with van der Waals surface area (Å²) in [5.74, 6) is -1.52. The monoisotopic (exact) mass is 330 g/mol. The second-order valence-corrected chi connectivity index (χ2v) is 5.24. The van der Waals surface area contributed by atoms with E-state index in [4.69, 9.17) is 9.47 Å². The molecule has 0 saturated heterocycles. The van der Waals surface area contributed by atoms with Gasteiger partial charge in [0.2, 0.25) is 0 Å². The minimum Gasteiger partial charge on any atom is -0.459 e. The highest BCUT2D eigenvalue weighted by Crippen LogP contribution is 2.11. The molecule has 2 aromatic rings. The fourth-order valence-electron chi connectivity index (χ4n) is 1.83. The maximum atomic E-state index is 11.8. The zero-order chi connectivity index (χ0) is 17.5. The number of carbonyl (C=O) groups excluding carboxylic acids is 3. The summed E-state index contributed by atoms with van der Waals surface area (Å²) in [6, 6.07) is 9.44. The minimum absolute atomic E-state index is 0.203. The van der Waals surface area contributed by atoms with Crippen molar-refractivity contribution in [3.8, 4) is 0 Å². The number of H-pyrrole nitrogens is 1. The van der Waals surface area contributed by atoms with Crippen LogP contribution in [0.3, 0.4) is 0 Å². The number of ether oxygens (including phenoxy) is 2. The van der Waals surface area contributed by atoms with Gasteiger partial charge in [0.05, 0.1) is 11.7 Å². The lowest BCUT2D eigenvalue weighted by Gasteiger charge is -2.09. The van der Waals surface area contributed by atoms with Crippen molar-refractivity contribution in [2.75, 3.05) is 11.9 Å². The number of aromatic nitrogens is 1. The van der Waals surface area contributed by atoms with Crippen LogP contribution in [0.5, 0.6) is 0 Å². The lowest BCUT2D eigenvalue weighted by atomic mass is 10.2. The van der Waals surface area contributed by atoms with Crippen molar-refractivity contribution < 1.29 is 23.9 Å². The van der Waals surface area contributed by atoms with Gasteiger partial charge < -0.3 is 19.8 Å². The number of anilines is 1. The molecule has 2 N–H and O–H groups in total. The molecule has 0 radical (unpaired) electrons. The average molecular weight is 330 g/mol. The van der Waals surface area contributed by atoms with Gasteiger partial charge in [0.1, 0.15) is 5.69 Å². The Morgan fingerprint density at radius 1 is 1.08 bits per heavy atom. The van der Waals surface area contributed by atoms with Crippen molar-refractivity contribution >= 4 is 23.5 Å². The van der Waals surface area contributed by atoms with Crippen LogP contribution in [0.2, 0.25) is 0 Å². The largest absolute Gasteiger partial charge is 0.459 e. The summed E-state index contributed by atoms with van der Waals surface area (Å²) in [6.07, 6.45) is 1.38. The van der Waals surface area contributed by atoms with E-state index in [1.54, 1.807) is 56.4 Å². The number of benzene rings is 1. The number of aromatic amines is 1. The van der Waals surface area contributed by atoms with E-state index in [2.05, 4.69) is 10.3 Å². The van der Waals surface area contributed by atoms with E-state index < -0.39 is 24.5 Å². The number of nitrogens with one attached hydrogen (secondary N) is 2. The summed E-state index contributed by atoms with van der Waals surface area (Å²) in [5.41, 5.74) is 1.15. The number of rotatable bonds is 6. The predicted molar refractivity (Wildman–Crippen MR) is 86.7 cm³/mol. The first kappa shape index (κ1) is 17.3. The van der Waals surface area contributed by atoms with Gasteiger partial charge in [-0.3, -0.25) is 4.79 Å². The Morgan fingerprint density at radius 2 is 1.79 bits per heavy atom. The second-order valence-electron chi connectivity index (χ2n) is 5.24. The molecule has 7 heteroatoms. The van der Waals surface area contributed by atoms with Crippen LogP contribution in [0.15, 0.2) is 42.6 Å². The molecule has 0 atom stereocenters. The third-order valence-corrected chi connectivity index (χ3v) is 2.90. The van der Waals surface area contributed by atoms with Crippen LogP contribution >= 0.6 is 0 Å². The standard InChI is InChI=1S/C17H18N2O5/c1-11(2)24-16(21)12-5-7-13(8-6-12)19-15(20)10-23-17(22)14-4-3-9-18-14/h3-9,11,18H,10H2,1-2H3,(H,19,20). The fourth-order valence-corrected chi connectivity index (χ4v) is 1.83. The molecule has 1 aromatic heterocycles. The van der Waals surface area contributed by atoms with Gasteiger partial charge in [-0.25, -0.2) is 9.59 Å². The highest BCUT2D eigenvalue weighted by Gasteiger charge is 2.12. The van der Waals surface area contributed by atoms with Crippen LogP contribution < -0.4 is 5.32 Å². The Bertz CT molecular complexity index is 705. The van der Waals surface area contributed by atoms with Gasteiger partial charge in [0.15, 0.2) is 6.61 Å². The van der Waals surface area contributed by atoms with Crippen molar-refractivity contribution in [1.82, 2.24) is 4.98 Å². The molecule has 0 aliphatic carbocycles. The maximum Gasteiger partial charge on any atom is 0.355 e. The third kappa shape index (κ3) is 4.98. The number of amides is 1. The first-order valence-corrected chi connectivity index (χ1v) is 7.37. The maximum absolute atomic E-state index is 11.8. The Labute approximate surface area is 139 Å². The molecule has 1 aromatic carbocycles. The van der Waals surface area contributed by atoms with Crippen LogP contribution in [0.25, 0.3) is 0 Å². The SMILES string of the molecule is CC(C)OC(=O)c1ccc(NC(=O)COC(=O)c2ccc[nH]2)cc1. The summed E-state index contributed by atoms with van der Waals surface area (Å²) < 4.78 is 9.94. The third-order valence-electron chi connectivity index (χ3n) is 2.90. The van der Waals surface area contributed by atoms with E-state index in [0.717, 1.165) is 0 Å². The van der Waals surface area contributed by atoms with Gasteiger partial charge in [0.25, 0.3) is 5.91 Å². The van der Waals surface area contributed by atoms with Crippen molar-refractivity contribution in [3.05, 3.63) is 53.9 Å². The Balaban J connectivity index is 1.83. The van der Waals surface area contributed by atoms with Crippen LogP contribution in [-0.2, 0) is 14.3 Å². The normalized spacial score (nSPS) is 10.3. The first-order valence-electron chi connectivity index (χ1n) is 7.37. The predicted octanol–water partition coefficient (Wildman–Crippen LogP) is 2.38. The highest BCUT2D eigenvalue weighted by molar-refractivity contribution is 5.95. The summed E-state index contributed by atoms with van der Waals surface area (Å²) in [7, 11) is 0. The fraction of sp³-hybridized carbons (Fsp3) is 0.235. The molecule has 0 aliphatic heterocycles. The molecular weight excluding hydrogens is 312 g/mol. The summed E-state index contributed by atoms with van der Waals surface area (Å²) in [6.45, 7) is 3.12. The second kappa shape index (κ2) is 7.96. The van der Waals surface area contributed by atoms with Gasteiger partial charge >= 0.3 is 11.9 Å². The number of hydrogen-bond acceptors (Lipinski definition) is 5. The molecule has 0 aliphatic rings. The number of hydrogen-bond donors (Lipinski definition) is 2. The van der Waals surface area contributed by atoms with E-state index in [-0.39, 0.29) is 11.8 Å². The van der Waals surface area contributed by atoms with Crippen LogP contribution in [0.4, 0.5) is 5.69 Å². The van der Waals surface area contributed by atoms with Crippen LogP contribution in [0, 0.1) is 0 Å². The van der Waals surface area contributed by atoms with Crippen molar-refractivity contribution in [2.24, 2.45) is 0 Å². The van der Waals surface area contributed by atoms with Gasteiger partial charge in [-0.1, -0.05) is 0 Å². The van der Waals surface area contributed by atoms with Crippen molar-refractivity contribution in [2.45, 2.75) is 20.0 Å². The van der Waals surface area contributed by atoms with E-state index in [1.807, 2.05) is 0 Å². The van der Waals surface area contributed by atoms with Crippen LogP contribution in [0.1, 0.15) is 34.7 Å². The van der Waals surface area contributed by atoms with Crippen molar-refractivity contribution in [1.29, 1.82) is 0 Å². The van der Waals surface area contributed by atoms with Gasteiger partial charge in [-0.15, -0.1) is 0 Å². The molecule has 1 amide bonds. The van der Waals surface area contributed by atoms with Gasteiger partial charge in [-0.2, -0.15) is 0 Å².